The molecule has 0 spiro atoms. The zero-order valence-electron chi connectivity index (χ0n) is 11.0. The Hall–Kier alpha value is -1.23. The first-order valence-electron chi connectivity index (χ1n) is 6.52. The SMILES string of the molecule is CCC(NCCCCC(F)(F)F)c1ccccc1O. The largest absolute Gasteiger partial charge is 0.508 e. The van der Waals surface area contributed by atoms with Gasteiger partial charge in [0.25, 0.3) is 0 Å². The fourth-order valence-electron chi connectivity index (χ4n) is 1.98. The van der Waals surface area contributed by atoms with Gasteiger partial charge < -0.3 is 10.4 Å². The third-order valence-corrected chi connectivity index (χ3v) is 3.00. The van der Waals surface area contributed by atoms with E-state index >= 15 is 0 Å². The van der Waals surface area contributed by atoms with Crippen LogP contribution in [0.15, 0.2) is 24.3 Å². The molecule has 0 bridgehead atoms. The Kier molecular flexibility index (Phi) is 6.15. The monoisotopic (exact) mass is 275 g/mol. The van der Waals surface area contributed by atoms with E-state index in [4.69, 9.17) is 0 Å². The summed E-state index contributed by atoms with van der Waals surface area (Å²) in [5.41, 5.74) is 0.792. The first kappa shape index (κ1) is 15.8. The number of benzene rings is 1. The highest BCUT2D eigenvalue weighted by molar-refractivity contribution is 5.34. The number of hydrogen-bond donors (Lipinski definition) is 2. The number of hydrogen-bond acceptors (Lipinski definition) is 2. The Morgan fingerprint density at radius 2 is 1.89 bits per heavy atom. The summed E-state index contributed by atoms with van der Waals surface area (Å²) in [4.78, 5) is 0. The number of halogens is 3. The van der Waals surface area contributed by atoms with Crippen LogP contribution in [0.3, 0.4) is 0 Å². The van der Waals surface area contributed by atoms with Crippen molar-refractivity contribution in [2.75, 3.05) is 6.54 Å². The summed E-state index contributed by atoms with van der Waals surface area (Å²) in [6.07, 6.45) is -3.42. The summed E-state index contributed by atoms with van der Waals surface area (Å²) >= 11 is 0. The predicted octanol–water partition coefficient (Wildman–Crippen LogP) is 4.17. The van der Waals surface area contributed by atoms with Gasteiger partial charge in [-0.05, 0) is 31.9 Å². The molecule has 0 fully saturated rings. The maximum absolute atomic E-state index is 12.0. The molecule has 1 aromatic carbocycles. The van der Waals surface area contributed by atoms with E-state index in [1.54, 1.807) is 12.1 Å². The molecule has 0 aliphatic heterocycles. The van der Waals surface area contributed by atoms with Crippen LogP contribution >= 0.6 is 0 Å². The highest BCUT2D eigenvalue weighted by Crippen LogP contribution is 2.26. The van der Waals surface area contributed by atoms with Crippen LogP contribution in [0.2, 0.25) is 0 Å². The van der Waals surface area contributed by atoms with E-state index < -0.39 is 12.6 Å². The Labute approximate surface area is 111 Å². The molecular weight excluding hydrogens is 255 g/mol. The summed E-state index contributed by atoms with van der Waals surface area (Å²) in [5.74, 6) is 0.220. The van der Waals surface area contributed by atoms with Crippen molar-refractivity contribution in [2.24, 2.45) is 0 Å². The minimum absolute atomic E-state index is 0.0212. The van der Waals surface area contributed by atoms with Gasteiger partial charge in [-0.25, -0.2) is 0 Å². The van der Waals surface area contributed by atoms with E-state index in [0.717, 1.165) is 12.0 Å². The van der Waals surface area contributed by atoms with Crippen molar-refractivity contribution >= 4 is 0 Å². The minimum Gasteiger partial charge on any atom is -0.508 e. The number of para-hydroxylation sites is 1. The molecule has 1 aromatic rings. The van der Waals surface area contributed by atoms with E-state index in [-0.39, 0.29) is 18.2 Å². The second-order valence-corrected chi connectivity index (χ2v) is 4.55. The molecule has 19 heavy (non-hydrogen) atoms. The minimum atomic E-state index is -4.07. The van der Waals surface area contributed by atoms with Crippen molar-refractivity contribution in [1.82, 2.24) is 5.32 Å². The molecule has 0 saturated heterocycles. The van der Waals surface area contributed by atoms with Crippen molar-refractivity contribution in [3.8, 4) is 5.75 Å². The summed E-state index contributed by atoms with van der Waals surface area (Å²) in [7, 11) is 0. The summed E-state index contributed by atoms with van der Waals surface area (Å²) in [6, 6.07) is 7.00. The van der Waals surface area contributed by atoms with Crippen LogP contribution in [0.5, 0.6) is 5.75 Å². The van der Waals surface area contributed by atoms with Crippen LogP contribution in [0.1, 0.15) is 44.2 Å². The highest BCUT2D eigenvalue weighted by Gasteiger charge is 2.25. The maximum atomic E-state index is 12.0. The lowest BCUT2D eigenvalue weighted by Crippen LogP contribution is -2.22. The predicted molar refractivity (Wildman–Crippen MR) is 69.0 cm³/mol. The standard InChI is InChI=1S/C14H20F3NO/c1-2-12(11-7-3-4-8-13(11)19)18-10-6-5-9-14(15,16)17/h3-4,7-8,12,18-19H,2,5-6,9-10H2,1H3. The summed E-state index contributed by atoms with van der Waals surface area (Å²) in [5, 5.41) is 12.9. The van der Waals surface area contributed by atoms with Crippen molar-refractivity contribution in [3.63, 3.8) is 0 Å². The van der Waals surface area contributed by atoms with Gasteiger partial charge in [0.05, 0.1) is 0 Å². The van der Waals surface area contributed by atoms with Crippen LogP contribution in [0.4, 0.5) is 13.2 Å². The van der Waals surface area contributed by atoms with E-state index in [2.05, 4.69) is 5.32 Å². The molecule has 0 aliphatic carbocycles. The van der Waals surface area contributed by atoms with E-state index in [0.29, 0.717) is 13.0 Å². The molecule has 0 amide bonds. The Balaban J connectivity index is 2.36. The highest BCUT2D eigenvalue weighted by atomic mass is 19.4. The number of alkyl halides is 3. The van der Waals surface area contributed by atoms with E-state index in [1.807, 2.05) is 19.1 Å². The van der Waals surface area contributed by atoms with E-state index in [1.165, 1.54) is 0 Å². The zero-order chi connectivity index (χ0) is 14.3. The quantitative estimate of drug-likeness (QED) is 0.732. The lowest BCUT2D eigenvalue weighted by atomic mass is 10.0. The molecule has 5 heteroatoms. The van der Waals surface area contributed by atoms with Crippen LogP contribution < -0.4 is 5.32 Å². The number of phenolic OH excluding ortho intramolecular Hbond substituents is 1. The Morgan fingerprint density at radius 1 is 1.21 bits per heavy atom. The average Bonchev–Trinajstić information content (AvgIpc) is 2.34. The van der Waals surface area contributed by atoms with Crippen molar-refractivity contribution in [1.29, 1.82) is 0 Å². The summed E-state index contributed by atoms with van der Waals surface area (Å²) in [6.45, 7) is 2.49. The third-order valence-electron chi connectivity index (χ3n) is 3.00. The fourth-order valence-corrected chi connectivity index (χ4v) is 1.98. The number of phenols is 1. The molecule has 2 N–H and O–H groups in total. The molecule has 1 atom stereocenters. The topological polar surface area (TPSA) is 32.3 Å². The fraction of sp³-hybridized carbons (Fsp3) is 0.571. The zero-order valence-corrected chi connectivity index (χ0v) is 11.0. The number of aromatic hydroxyl groups is 1. The Bertz CT molecular complexity index is 379. The second kappa shape index (κ2) is 7.38. The molecule has 2 nitrogen and oxygen atoms in total. The van der Waals surface area contributed by atoms with Crippen molar-refractivity contribution in [2.45, 2.75) is 44.8 Å². The molecule has 0 heterocycles. The molecule has 0 saturated carbocycles. The smallest absolute Gasteiger partial charge is 0.389 e. The maximum Gasteiger partial charge on any atom is 0.389 e. The lowest BCUT2D eigenvalue weighted by Gasteiger charge is -2.18. The third kappa shape index (κ3) is 5.96. The molecule has 108 valence electrons. The van der Waals surface area contributed by atoms with Gasteiger partial charge in [0.2, 0.25) is 0 Å². The summed E-state index contributed by atoms with van der Waals surface area (Å²) < 4.78 is 35.9. The van der Waals surface area contributed by atoms with Gasteiger partial charge in [-0.2, -0.15) is 13.2 Å². The van der Waals surface area contributed by atoms with Crippen molar-refractivity contribution in [3.05, 3.63) is 29.8 Å². The van der Waals surface area contributed by atoms with Crippen LogP contribution in [0, 0.1) is 0 Å². The van der Waals surface area contributed by atoms with Gasteiger partial charge in [0.1, 0.15) is 5.75 Å². The Morgan fingerprint density at radius 3 is 2.47 bits per heavy atom. The first-order valence-corrected chi connectivity index (χ1v) is 6.52. The van der Waals surface area contributed by atoms with E-state index in [9.17, 15) is 18.3 Å². The molecule has 1 rings (SSSR count). The molecule has 1 unspecified atom stereocenters. The van der Waals surface area contributed by atoms with Crippen molar-refractivity contribution < 1.29 is 18.3 Å². The molecule has 0 radical (unpaired) electrons. The van der Waals surface area contributed by atoms with Gasteiger partial charge >= 0.3 is 6.18 Å². The van der Waals surface area contributed by atoms with Gasteiger partial charge in [0.15, 0.2) is 0 Å². The lowest BCUT2D eigenvalue weighted by molar-refractivity contribution is -0.135. The van der Waals surface area contributed by atoms with Crippen LogP contribution in [0.25, 0.3) is 0 Å². The molecular formula is C14H20F3NO. The average molecular weight is 275 g/mol. The number of unbranched alkanes of at least 4 members (excludes halogenated alkanes) is 1. The normalized spacial score (nSPS) is 13.5. The van der Waals surface area contributed by atoms with Gasteiger partial charge in [0, 0.05) is 18.0 Å². The number of rotatable bonds is 7. The van der Waals surface area contributed by atoms with Gasteiger partial charge in [-0.3, -0.25) is 0 Å². The number of nitrogens with one attached hydrogen (secondary N) is 1. The van der Waals surface area contributed by atoms with Crippen LogP contribution in [-0.4, -0.2) is 17.8 Å². The van der Waals surface area contributed by atoms with Gasteiger partial charge in [-0.15, -0.1) is 0 Å². The van der Waals surface area contributed by atoms with Crippen LogP contribution in [-0.2, 0) is 0 Å². The van der Waals surface area contributed by atoms with Gasteiger partial charge in [-0.1, -0.05) is 25.1 Å². The first-order chi connectivity index (χ1) is 8.94. The molecule has 0 aliphatic rings. The molecule has 0 aromatic heterocycles. The second-order valence-electron chi connectivity index (χ2n) is 4.55.